The maximum atomic E-state index is 5.85. The average Bonchev–Trinajstić information content (AvgIpc) is 2.58. The van der Waals surface area contributed by atoms with Crippen molar-refractivity contribution in [2.24, 2.45) is 4.99 Å². The molecule has 0 saturated heterocycles. The van der Waals surface area contributed by atoms with Crippen molar-refractivity contribution < 1.29 is 0 Å². The zero-order valence-electron chi connectivity index (χ0n) is 12.1. The number of para-hydroxylation sites is 1. The second-order valence-corrected chi connectivity index (χ2v) is 5.54. The van der Waals surface area contributed by atoms with Gasteiger partial charge < -0.3 is 5.32 Å². The molecule has 114 valence electrons. The largest absolute Gasteiger partial charge is 0.331 e. The highest BCUT2D eigenvalue weighted by atomic mass is 35.5. The molecule has 0 saturated carbocycles. The van der Waals surface area contributed by atoms with Crippen LogP contribution in [0.25, 0.3) is 5.69 Å². The van der Waals surface area contributed by atoms with E-state index in [1.165, 1.54) is 0 Å². The van der Waals surface area contributed by atoms with Crippen molar-refractivity contribution in [2.75, 3.05) is 5.32 Å². The zero-order valence-corrected chi connectivity index (χ0v) is 13.6. The third-order valence-electron chi connectivity index (χ3n) is 3.05. The number of hydrogen-bond acceptors (Lipinski definition) is 2. The monoisotopic (exact) mass is 340 g/mol. The second kappa shape index (κ2) is 7.17. The molecule has 0 aliphatic rings. The molecule has 3 rings (SSSR count). The summed E-state index contributed by atoms with van der Waals surface area (Å²) < 4.78 is 1.77. The molecule has 1 N–H and O–H groups in total. The predicted molar refractivity (Wildman–Crippen MR) is 96.8 cm³/mol. The predicted octanol–water partition coefficient (Wildman–Crippen LogP) is 3.82. The van der Waals surface area contributed by atoms with E-state index in [0.717, 1.165) is 11.4 Å². The quantitative estimate of drug-likeness (QED) is 0.721. The highest BCUT2D eigenvalue weighted by Crippen LogP contribution is 2.13. The Morgan fingerprint density at radius 2 is 1.78 bits per heavy atom. The van der Waals surface area contributed by atoms with E-state index in [4.69, 9.17) is 23.8 Å². The average molecular weight is 341 g/mol. The summed E-state index contributed by atoms with van der Waals surface area (Å²) in [5, 5.41) is 9.10. The third kappa shape index (κ3) is 4.25. The first-order valence-corrected chi connectivity index (χ1v) is 7.71. The molecule has 2 aromatic carbocycles. The van der Waals surface area contributed by atoms with Crippen LogP contribution in [0.2, 0.25) is 5.02 Å². The molecule has 0 fully saturated rings. The van der Waals surface area contributed by atoms with Crippen LogP contribution in [0.15, 0.2) is 78.0 Å². The third-order valence-corrected chi connectivity index (χ3v) is 3.49. The Kier molecular flexibility index (Phi) is 4.80. The second-order valence-electron chi connectivity index (χ2n) is 4.71. The normalized spacial score (nSPS) is 11.3. The molecule has 0 amide bonds. The van der Waals surface area contributed by atoms with Gasteiger partial charge in [-0.2, -0.15) is 5.10 Å². The standard InChI is InChI=1S/C17H13ClN4S/c18-13-6-8-14(9-7-13)20-17(23)21-15-10-11-22(19-12-15)16-4-2-1-3-5-16/h1-12H,(H,20,23). The summed E-state index contributed by atoms with van der Waals surface area (Å²) in [6.45, 7) is 0. The Labute approximate surface area is 144 Å². The zero-order chi connectivity index (χ0) is 16.1. The van der Waals surface area contributed by atoms with Crippen LogP contribution >= 0.6 is 23.8 Å². The van der Waals surface area contributed by atoms with Crippen LogP contribution in [0.5, 0.6) is 0 Å². The van der Waals surface area contributed by atoms with Crippen LogP contribution < -0.4 is 10.7 Å². The minimum atomic E-state index is 0.367. The molecule has 0 radical (unpaired) electrons. The molecule has 23 heavy (non-hydrogen) atoms. The van der Waals surface area contributed by atoms with Crippen molar-refractivity contribution in [3.8, 4) is 5.69 Å². The Morgan fingerprint density at radius 1 is 1.04 bits per heavy atom. The smallest absolute Gasteiger partial charge is 0.197 e. The van der Waals surface area contributed by atoms with Crippen LogP contribution in [-0.2, 0) is 0 Å². The van der Waals surface area contributed by atoms with Crippen LogP contribution in [-0.4, -0.2) is 14.9 Å². The molecule has 1 heterocycles. The number of nitrogens with one attached hydrogen (secondary N) is 1. The molecule has 1 aromatic heterocycles. The molecule has 0 atom stereocenters. The summed E-state index contributed by atoms with van der Waals surface area (Å²) >= 11 is 11.1. The van der Waals surface area contributed by atoms with E-state index >= 15 is 0 Å². The number of aromatic nitrogens is 2. The van der Waals surface area contributed by atoms with Crippen molar-refractivity contribution >= 4 is 34.6 Å². The van der Waals surface area contributed by atoms with E-state index in [1.54, 1.807) is 23.0 Å². The number of halogens is 1. The fourth-order valence-corrected chi connectivity index (χ4v) is 2.30. The van der Waals surface area contributed by atoms with Gasteiger partial charge in [0.2, 0.25) is 0 Å². The van der Waals surface area contributed by atoms with E-state index in [2.05, 4.69) is 15.4 Å². The maximum absolute atomic E-state index is 5.85. The molecule has 0 unspecified atom stereocenters. The summed E-state index contributed by atoms with van der Waals surface area (Å²) in [7, 11) is 0. The van der Waals surface area contributed by atoms with E-state index in [1.807, 2.05) is 54.7 Å². The Balaban J connectivity index is 1.74. The number of anilines is 1. The molecular weight excluding hydrogens is 328 g/mol. The summed E-state index contributed by atoms with van der Waals surface area (Å²) in [4.78, 5) is 4.32. The first-order chi connectivity index (χ1) is 11.2. The molecule has 0 aliphatic heterocycles. The van der Waals surface area contributed by atoms with Gasteiger partial charge in [0, 0.05) is 16.9 Å². The summed E-state index contributed by atoms with van der Waals surface area (Å²) in [6.07, 6.45) is 3.52. The number of thiocarbonyl (C=S) groups is 1. The van der Waals surface area contributed by atoms with Gasteiger partial charge in [0.05, 0.1) is 17.2 Å². The van der Waals surface area contributed by atoms with Gasteiger partial charge in [-0.15, -0.1) is 0 Å². The van der Waals surface area contributed by atoms with Gasteiger partial charge in [-0.25, -0.2) is 9.67 Å². The van der Waals surface area contributed by atoms with Gasteiger partial charge in [-0.3, -0.25) is 0 Å². The minimum Gasteiger partial charge on any atom is -0.331 e. The first-order valence-electron chi connectivity index (χ1n) is 6.92. The van der Waals surface area contributed by atoms with Crippen molar-refractivity contribution in [3.05, 3.63) is 83.4 Å². The van der Waals surface area contributed by atoms with Crippen LogP contribution in [0, 0.1) is 0 Å². The minimum absolute atomic E-state index is 0.367. The molecule has 3 aromatic rings. The Hall–Kier alpha value is -2.50. The summed E-state index contributed by atoms with van der Waals surface area (Å²) in [6, 6.07) is 19.0. The van der Waals surface area contributed by atoms with Crippen molar-refractivity contribution in [3.63, 3.8) is 0 Å². The number of hydrogen-bond donors (Lipinski definition) is 1. The van der Waals surface area contributed by atoms with Gasteiger partial charge in [-0.05, 0) is 54.7 Å². The highest BCUT2D eigenvalue weighted by Gasteiger charge is 1.97. The summed E-state index contributed by atoms with van der Waals surface area (Å²) in [5.41, 5.74) is 1.83. The van der Waals surface area contributed by atoms with Crippen molar-refractivity contribution in [1.29, 1.82) is 0 Å². The molecule has 0 spiro atoms. The Morgan fingerprint density at radius 3 is 2.43 bits per heavy atom. The van der Waals surface area contributed by atoms with Crippen molar-refractivity contribution in [2.45, 2.75) is 0 Å². The molecule has 0 aliphatic carbocycles. The lowest BCUT2D eigenvalue weighted by Gasteiger charge is -2.05. The lowest BCUT2D eigenvalue weighted by Crippen LogP contribution is -2.14. The van der Waals surface area contributed by atoms with E-state index < -0.39 is 0 Å². The van der Waals surface area contributed by atoms with Crippen molar-refractivity contribution in [1.82, 2.24) is 9.78 Å². The topological polar surface area (TPSA) is 42.2 Å². The molecule has 0 bridgehead atoms. The number of benzene rings is 2. The maximum Gasteiger partial charge on any atom is 0.197 e. The summed E-state index contributed by atoms with van der Waals surface area (Å²) in [5.74, 6) is 0. The Bertz CT molecular complexity index is 853. The van der Waals surface area contributed by atoms with Crippen LogP contribution in [0.1, 0.15) is 0 Å². The van der Waals surface area contributed by atoms with E-state index in [9.17, 15) is 0 Å². The van der Waals surface area contributed by atoms with Gasteiger partial charge >= 0.3 is 0 Å². The highest BCUT2D eigenvalue weighted by molar-refractivity contribution is 7.80. The van der Waals surface area contributed by atoms with Gasteiger partial charge in [-0.1, -0.05) is 29.8 Å². The van der Waals surface area contributed by atoms with Crippen LogP contribution in [0.3, 0.4) is 0 Å². The fourth-order valence-electron chi connectivity index (χ4n) is 1.95. The molecule has 4 nitrogen and oxygen atoms in total. The fraction of sp³-hybridized carbons (Fsp3) is 0. The molecule has 6 heteroatoms. The number of rotatable bonds is 2. The van der Waals surface area contributed by atoms with Gasteiger partial charge in [0.15, 0.2) is 5.11 Å². The lowest BCUT2D eigenvalue weighted by molar-refractivity contribution is 0.833. The SMILES string of the molecule is S=C(N=c1ccn(-c2ccccc2)nc1)Nc1ccc(Cl)cc1. The van der Waals surface area contributed by atoms with Gasteiger partial charge in [0.25, 0.3) is 0 Å². The van der Waals surface area contributed by atoms with E-state index in [0.29, 0.717) is 15.5 Å². The molecular formula is C17H13ClN4S. The first kappa shape index (κ1) is 15.4. The van der Waals surface area contributed by atoms with Gasteiger partial charge in [0.1, 0.15) is 0 Å². The van der Waals surface area contributed by atoms with E-state index in [-0.39, 0.29) is 0 Å². The lowest BCUT2D eigenvalue weighted by atomic mass is 10.3. The van der Waals surface area contributed by atoms with Crippen LogP contribution in [0.4, 0.5) is 5.69 Å². The number of nitrogens with zero attached hydrogens (tertiary/aromatic N) is 3.